The highest BCUT2D eigenvalue weighted by Gasteiger charge is 2.26. The van der Waals surface area contributed by atoms with Crippen LogP contribution in [0.25, 0.3) is 0 Å². The average molecular weight is 1050 g/mol. The second kappa shape index (κ2) is 59.0. The molecular formula is C63H116NO8P. The number of hydrogen-bond acceptors (Lipinski definition) is 8. The van der Waals surface area contributed by atoms with Crippen LogP contribution in [-0.4, -0.2) is 49.3 Å². The lowest BCUT2D eigenvalue weighted by molar-refractivity contribution is -0.161. The Kier molecular flexibility index (Phi) is 57.1. The number of carbonyl (C=O) groups excluding carboxylic acids is 2. The Hall–Kier alpha value is -2.29. The van der Waals surface area contributed by atoms with E-state index in [1.54, 1.807) is 0 Å². The van der Waals surface area contributed by atoms with Crippen LogP contribution in [-0.2, 0) is 32.7 Å². The van der Waals surface area contributed by atoms with Crippen molar-refractivity contribution in [2.24, 2.45) is 5.73 Å². The highest BCUT2D eigenvalue weighted by molar-refractivity contribution is 7.47. The molecule has 3 N–H and O–H groups in total. The monoisotopic (exact) mass is 1050 g/mol. The Morgan fingerprint density at radius 3 is 1.12 bits per heavy atom. The maximum atomic E-state index is 12.7. The number of nitrogens with two attached hydrogens (primary N) is 1. The first-order valence-electron chi connectivity index (χ1n) is 30.8. The molecule has 0 heterocycles. The lowest BCUT2D eigenvalue weighted by Crippen LogP contribution is -2.29. The average Bonchev–Trinajstić information content (AvgIpc) is 3.38. The van der Waals surface area contributed by atoms with Crippen LogP contribution >= 0.6 is 7.82 Å². The number of rotatable bonds is 58. The number of hydrogen-bond donors (Lipinski definition) is 2. The molecule has 2 unspecified atom stereocenters. The van der Waals surface area contributed by atoms with Crippen molar-refractivity contribution in [3.63, 3.8) is 0 Å². The standard InChI is InChI=1S/C63H116NO8P/c1-3-5-7-9-11-13-15-17-19-21-22-23-24-25-26-27-28-29-30-31-32-33-34-35-36-37-38-40-42-44-46-48-50-52-54-56-63(66)72-61(60-71-73(67,68)70-58-57-64)59-69-62(65)55-53-51-49-47-45-43-41-39-20-18-16-14-12-10-8-6-4-2/h5,7,11,13,17,19,22-23,25-26,61H,3-4,6,8-10,12,14-16,18,20-21,24,27-60,64H2,1-2H3,(H,67,68)/b7-5-,13-11-,19-17-,23-22-,26-25-. The SMILES string of the molecule is CC/C=C\C/C=C\C/C=C\C/C=C\C/C=C\CCCCCCCCCCCCCCCCCCCCCC(=O)OC(COC(=O)CCCCCCCCCCCCCCCCCCC)COP(=O)(O)OCCN. The first-order valence-corrected chi connectivity index (χ1v) is 32.3. The molecule has 9 nitrogen and oxygen atoms in total. The third kappa shape index (κ3) is 58.8. The van der Waals surface area contributed by atoms with Crippen molar-refractivity contribution in [2.75, 3.05) is 26.4 Å². The van der Waals surface area contributed by atoms with Gasteiger partial charge in [0.2, 0.25) is 0 Å². The van der Waals surface area contributed by atoms with Crippen molar-refractivity contribution in [1.82, 2.24) is 0 Å². The normalized spacial score (nSPS) is 13.4. The predicted molar refractivity (Wildman–Crippen MR) is 312 cm³/mol. The first kappa shape index (κ1) is 70.7. The smallest absolute Gasteiger partial charge is 0.462 e. The Labute approximate surface area is 450 Å². The second-order valence-electron chi connectivity index (χ2n) is 20.6. The zero-order chi connectivity index (χ0) is 53.1. The Morgan fingerprint density at radius 2 is 0.753 bits per heavy atom. The van der Waals surface area contributed by atoms with Crippen molar-refractivity contribution >= 4 is 19.8 Å². The van der Waals surface area contributed by atoms with Crippen LogP contribution in [0, 0.1) is 0 Å². The molecule has 0 fully saturated rings. The summed E-state index contributed by atoms with van der Waals surface area (Å²) in [5.74, 6) is -0.812. The number of phosphoric ester groups is 1. The van der Waals surface area contributed by atoms with Crippen molar-refractivity contribution in [3.8, 4) is 0 Å². The predicted octanol–water partition coefficient (Wildman–Crippen LogP) is 19.5. The number of ether oxygens (including phenoxy) is 2. The van der Waals surface area contributed by atoms with Gasteiger partial charge in [-0.1, -0.05) is 286 Å². The minimum Gasteiger partial charge on any atom is -0.462 e. The van der Waals surface area contributed by atoms with Gasteiger partial charge in [0.05, 0.1) is 13.2 Å². The molecule has 0 saturated carbocycles. The van der Waals surface area contributed by atoms with Crippen LogP contribution < -0.4 is 5.73 Å². The second-order valence-corrected chi connectivity index (χ2v) is 22.0. The molecule has 0 bridgehead atoms. The molecule has 0 radical (unpaired) electrons. The van der Waals surface area contributed by atoms with E-state index in [9.17, 15) is 19.0 Å². The number of phosphoric acid groups is 1. The highest BCUT2D eigenvalue weighted by Crippen LogP contribution is 2.43. The molecule has 0 amide bonds. The summed E-state index contributed by atoms with van der Waals surface area (Å²) in [5.41, 5.74) is 5.38. The molecule has 0 aliphatic heterocycles. The van der Waals surface area contributed by atoms with Crippen molar-refractivity contribution in [1.29, 1.82) is 0 Å². The van der Waals surface area contributed by atoms with Gasteiger partial charge in [-0.05, 0) is 57.8 Å². The lowest BCUT2D eigenvalue weighted by Gasteiger charge is -2.19. The van der Waals surface area contributed by atoms with Gasteiger partial charge in [0.25, 0.3) is 0 Å². The Morgan fingerprint density at radius 1 is 0.425 bits per heavy atom. The maximum Gasteiger partial charge on any atom is 0.472 e. The van der Waals surface area contributed by atoms with Gasteiger partial charge in [-0.15, -0.1) is 0 Å². The summed E-state index contributed by atoms with van der Waals surface area (Å²) in [6.45, 7) is 3.68. The van der Waals surface area contributed by atoms with Gasteiger partial charge in [0, 0.05) is 19.4 Å². The first-order chi connectivity index (χ1) is 35.8. The van der Waals surface area contributed by atoms with Gasteiger partial charge in [-0.25, -0.2) is 4.57 Å². The van der Waals surface area contributed by atoms with Crippen LogP contribution in [0.4, 0.5) is 0 Å². The van der Waals surface area contributed by atoms with Crippen LogP contribution in [0.3, 0.4) is 0 Å². The fourth-order valence-electron chi connectivity index (χ4n) is 8.90. The third-order valence-electron chi connectivity index (χ3n) is 13.4. The molecule has 0 aromatic rings. The molecule has 0 aliphatic carbocycles. The molecule has 0 aromatic carbocycles. The number of esters is 2. The van der Waals surface area contributed by atoms with Crippen LogP contribution in [0.2, 0.25) is 0 Å². The zero-order valence-corrected chi connectivity index (χ0v) is 48.5. The summed E-state index contributed by atoms with van der Waals surface area (Å²) >= 11 is 0. The Balaban J connectivity index is 3.85. The van der Waals surface area contributed by atoms with Crippen LogP contribution in [0.1, 0.15) is 296 Å². The topological polar surface area (TPSA) is 134 Å². The molecule has 73 heavy (non-hydrogen) atoms. The summed E-state index contributed by atoms with van der Waals surface area (Å²) in [6, 6.07) is 0. The third-order valence-corrected chi connectivity index (χ3v) is 14.4. The van der Waals surface area contributed by atoms with Crippen LogP contribution in [0.5, 0.6) is 0 Å². The van der Waals surface area contributed by atoms with Gasteiger partial charge in [0.1, 0.15) is 6.61 Å². The fraction of sp³-hybridized carbons (Fsp3) is 0.810. The van der Waals surface area contributed by atoms with Crippen LogP contribution in [0.15, 0.2) is 60.8 Å². The van der Waals surface area contributed by atoms with E-state index in [-0.39, 0.29) is 38.6 Å². The van der Waals surface area contributed by atoms with E-state index >= 15 is 0 Å². The van der Waals surface area contributed by atoms with E-state index in [4.69, 9.17) is 24.3 Å². The number of allylic oxidation sites excluding steroid dienone is 10. The van der Waals surface area contributed by atoms with E-state index in [1.165, 1.54) is 199 Å². The summed E-state index contributed by atoms with van der Waals surface area (Å²) in [4.78, 5) is 35.2. The molecule has 0 aromatic heterocycles. The van der Waals surface area contributed by atoms with Gasteiger partial charge in [0.15, 0.2) is 6.10 Å². The van der Waals surface area contributed by atoms with E-state index in [2.05, 4.69) is 74.6 Å². The van der Waals surface area contributed by atoms with E-state index in [1.807, 2.05) is 0 Å². The van der Waals surface area contributed by atoms with Crippen molar-refractivity contribution < 1.29 is 37.6 Å². The van der Waals surface area contributed by atoms with Gasteiger partial charge >= 0.3 is 19.8 Å². The Bertz CT molecular complexity index is 1380. The van der Waals surface area contributed by atoms with Gasteiger partial charge in [-0.2, -0.15) is 0 Å². The number of carbonyl (C=O) groups is 2. The van der Waals surface area contributed by atoms with Crippen molar-refractivity contribution in [3.05, 3.63) is 60.8 Å². The number of unbranched alkanes of at least 4 members (excludes halogenated alkanes) is 35. The maximum absolute atomic E-state index is 12.7. The molecule has 0 rings (SSSR count). The van der Waals surface area contributed by atoms with Gasteiger partial charge < -0.3 is 20.1 Å². The quantitative estimate of drug-likeness (QED) is 0.0264. The molecule has 426 valence electrons. The molecular weight excluding hydrogens is 930 g/mol. The summed E-state index contributed by atoms with van der Waals surface area (Å²) in [6.07, 6.45) is 74.4. The van der Waals surface area contributed by atoms with E-state index in [0.717, 1.165) is 64.2 Å². The lowest BCUT2D eigenvalue weighted by atomic mass is 10.0. The largest absolute Gasteiger partial charge is 0.472 e. The van der Waals surface area contributed by atoms with E-state index in [0.29, 0.717) is 6.42 Å². The summed E-state index contributed by atoms with van der Waals surface area (Å²) < 4.78 is 33.1. The summed E-state index contributed by atoms with van der Waals surface area (Å²) in [5, 5.41) is 0. The molecule has 0 aliphatic rings. The molecule has 10 heteroatoms. The highest BCUT2D eigenvalue weighted by atomic mass is 31.2. The van der Waals surface area contributed by atoms with Gasteiger partial charge in [-0.3, -0.25) is 18.6 Å². The zero-order valence-electron chi connectivity index (χ0n) is 47.6. The van der Waals surface area contributed by atoms with Crippen molar-refractivity contribution in [2.45, 2.75) is 302 Å². The van der Waals surface area contributed by atoms with E-state index < -0.39 is 26.5 Å². The minimum absolute atomic E-state index is 0.0549. The minimum atomic E-state index is -4.38. The summed E-state index contributed by atoms with van der Waals surface area (Å²) in [7, 11) is -4.38. The molecule has 0 spiro atoms. The molecule has 2 atom stereocenters. The fourth-order valence-corrected chi connectivity index (χ4v) is 9.67. The molecule has 0 saturated heterocycles.